The van der Waals surface area contributed by atoms with Crippen molar-refractivity contribution < 1.29 is 0 Å². The Bertz CT molecular complexity index is 488. The van der Waals surface area contributed by atoms with Crippen LogP contribution in [0.5, 0.6) is 0 Å². The van der Waals surface area contributed by atoms with Gasteiger partial charge in [-0.2, -0.15) is 5.10 Å². The van der Waals surface area contributed by atoms with Gasteiger partial charge < -0.3 is 0 Å². The van der Waals surface area contributed by atoms with E-state index in [1.807, 2.05) is 19.9 Å². The molecule has 78 valence electrons. The molecule has 5 heteroatoms. The molecule has 0 radical (unpaired) electrons. The summed E-state index contributed by atoms with van der Waals surface area (Å²) < 4.78 is 2.61. The number of hydrogen-bond acceptors (Lipinski definition) is 2. The van der Waals surface area contributed by atoms with Gasteiger partial charge in [-0.25, -0.2) is 9.67 Å². The molecule has 3 nitrogen and oxygen atoms in total. The predicted molar refractivity (Wildman–Crippen MR) is 63.5 cm³/mol. The van der Waals surface area contributed by atoms with Gasteiger partial charge in [-0.05, 0) is 41.4 Å². The van der Waals surface area contributed by atoms with E-state index in [9.17, 15) is 0 Å². The molecule has 0 aliphatic carbocycles. The average Bonchev–Trinajstić information content (AvgIpc) is 2.51. The summed E-state index contributed by atoms with van der Waals surface area (Å²) in [4.78, 5) is 4.26. The molecule has 15 heavy (non-hydrogen) atoms. The first-order valence-electron chi connectivity index (χ1n) is 4.43. The third-order valence-corrected chi connectivity index (χ3v) is 3.47. The SMILES string of the molecule is Cc1ccnc(-n2cc(Cl)c(C)n2)c1Br. The molecule has 0 N–H and O–H groups in total. The fourth-order valence-corrected chi connectivity index (χ4v) is 1.78. The standard InChI is InChI=1S/C10H9BrClN3/c1-6-3-4-13-10(9(6)11)15-5-8(12)7(2)14-15/h3-5H,1-2H3. The zero-order chi connectivity index (χ0) is 11.0. The maximum absolute atomic E-state index is 5.94. The van der Waals surface area contributed by atoms with E-state index in [4.69, 9.17) is 11.6 Å². The number of rotatable bonds is 1. The van der Waals surface area contributed by atoms with Gasteiger partial charge in [0.15, 0.2) is 5.82 Å². The predicted octanol–water partition coefficient (Wildman–Crippen LogP) is 3.30. The fraction of sp³-hybridized carbons (Fsp3) is 0.200. The molecule has 0 spiro atoms. The average molecular weight is 287 g/mol. The van der Waals surface area contributed by atoms with Gasteiger partial charge in [0.05, 0.1) is 21.4 Å². The molecule has 0 unspecified atom stereocenters. The first-order valence-corrected chi connectivity index (χ1v) is 5.60. The maximum atomic E-state index is 5.94. The molecule has 2 aromatic heterocycles. The van der Waals surface area contributed by atoms with Crippen LogP contribution in [0, 0.1) is 13.8 Å². The van der Waals surface area contributed by atoms with Crippen molar-refractivity contribution in [1.82, 2.24) is 14.8 Å². The second-order valence-corrected chi connectivity index (χ2v) is 4.47. The summed E-state index contributed by atoms with van der Waals surface area (Å²) in [5.74, 6) is 0.755. The summed E-state index contributed by atoms with van der Waals surface area (Å²) in [7, 11) is 0. The highest BCUT2D eigenvalue weighted by Gasteiger charge is 2.09. The van der Waals surface area contributed by atoms with Crippen LogP contribution in [0.2, 0.25) is 5.02 Å². The first-order chi connectivity index (χ1) is 7.09. The van der Waals surface area contributed by atoms with E-state index >= 15 is 0 Å². The largest absolute Gasteiger partial charge is 0.236 e. The normalized spacial score (nSPS) is 10.7. The Morgan fingerprint density at radius 1 is 1.40 bits per heavy atom. The Morgan fingerprint density at radius 3 is 2.73 bits per heavy atom. The van der Waals surface area contributed by atoms with E-state index in [1.54, 1.807) is 17.1 Å². The molecule has 2 rings (SSSR count). The molecule has 0 saturated heterocycles. The van der Waals surface area contributed by atoms with Gasteiger partial charge in [-0.1, -0.05) is 11.6 Å². The zero-order valence-electron chi connectivity index (χ0n) is 8.33. The van der Waals surface area contributed by atoms with Gasteiger partial charge in [0, 0.05) is 6.20 Å². The minimum atomic E-state index is 0.644. The van der Waals surface area contributed by atoms with Crippen molar-refractivity contribution >= 4 is 27.5 Å². The van der Waals surface area contributed by atoms with Crippen molar-refractivity contribution in [3.05, 3.63) is 39.2 Å². The molecule has 0 aromatic carbocycles. The smallest absolute Gasteiger partial charge is 0.167 e. The Balaban J connectivity index is 2.59. The van der Waals surface area contributed by atoms with Crippen LogP contribution >= 0.6 is 27.5 Å². The third-order valence-electron chi connectivity index (χ3n) is 2.12. The molecule has 0 amide bonds. The van der Waals surface area contributed by atoms with E-state index in [0.717, 1.165) is 21.5 Å². The van der Waals surface area contributed by atoms with Crippen molar-refractivity contribution in [3.63, 3.8) is 0 Å². The molecule has 2 heterocycles. The second-order valence-electron chi connectivity index (χ2n) is 3.27. The number of aromatic nitrogens is 3. The van der Waals surface area contributed by atoms with Crippen LogP contribution in [-0.4, -0.2) is 14.8 Å². The van der Waals surface area contributed by atoms with Crippen LogP contribution in [0.1, 0.15) is 11.3 Å². The summed E-state index contributed by atoms with van der Waals surface area (Å²) in [6.07, 6.45) is 3.50. The van der Waals surface area contributed by atoms with Crippen LogP contribution in [0.3, 0.4) is 0 Å². The minimum absolute atomic E-state index is 0.644. The zero-order valence-corrected chi connectivity index (χ0v) is 10.7. The number of nitrogens with zero attached hydrogens (tertiary/aromatic N) is 3. The van der Waals surface area contributed by atoms with Crippen molar-refractivity contribution in [3.8, 4) is 5.82 Å². The van der Waals surface area contributed by atoms with Crippen LogP contribution in [0.25, 0.3) is 5.82 Å². The maximum Gasteiger partial charge on any atom is 0.167 e. The van der Waals surface area contributed by atoms with Crippen LogP contribution < -0.4 is 0 Å². The van der Waals surface area contributed by atoms with Crippen LogP contribution in [0.15, 0.2) is 22.9 Å². The molecule has 0 bridgehead atoms. The monoisotopic (exact) mass is 285 g/mol. The fourth-order valence-electron chi connectivity index (χ4n) is 1.23. The summed E-state index contributed by atoms with van der Waals surface area (Å²) in [5.41, 5.74) is 1.91. The van der Waals surface area contributed by atoms with Gasteiger partial charge in [0.2, 0.25) is 0 Å². The van der Waals surface area contributed by atoms with Gasteiger partial charge >= 0.3 is 0 Å². The van der Waals surface area contributed by atoms with Gasteiger partial charge in [0.25, 0.3) is 0 Å². The quantitative estimate of drug-likeness (QED) is 0.805. The molecule has 0 saturated carbocycles. The summed E-state index contributed by atoms with van der Waals surface area (Å²) in [6.45, 7) is 3.87. The molecule has 0 atom stereocenters. The van der Waals surface area contributed by atoms with E-state index < -0.39 is 0 Å². The second kappa shape index (κ2) is 3.94. The highest BCUT2D eigenvalue weighted by atomic mass is 79.9. The van der Waals surface area contributed by atoms with Crippen molar-refractivity contribution in [2.45, 2.75) is 13.8 Å². The van der Waals surface area contributed by atoms with Crippen molar-refractivity contribution in [1.29, 1.82) is 0 Å². The lowest BCUT2D eigenvalue weighted by atomic mass is 10.3. The lowest BCUT2D eigenvalue weighted by Gasteiger charge is -2.04. The van der Waals surface area contributed by atoms with E-state index in [1.165, 1.54) is 0 Å². The van der Waals surface area contributed by atoms with Gasteiger partial charge in [0.1, 0.15) is 0 Å². The minimum Gasteiger partial charge on any atom is -0.236 e. The Hall–Kier alpha value is -0.870. The highest BCUT2D eigenvalue weighted by molar-refractivity contribution is 9.10. The number of hydrogen-bond donors (Lipinski definition) is 0. The molecule has 0 aliphatic rings. The number of halogens is 2. The Morgan fingerprint density at radius 2 is 2.13 bits per heavy atom. The summed E-state index contributed by atoms with van der Waals surface area (Å²) in [5, 5.41) is 4.92. The molecule has 2 aromatic rings. The summed E-state index contributed by atoms with van der Waals surface area (Å²) >= 11 is 9.43. The third kappa shape index (κ3) is 1.92. The van der Waals surface area contributed by atoms with E-state index in [2.05, 4.69) is 26.0 Å². The van der Waals surface area contributed by atoms with Crippen molar-refractivity contribution in [2.24, 2.45) is 0 Å². The van der Waals surface area contributed by atoms with Crippen LogP contribution in [-0.2, 0) is 0 Å². The van der Waals surface area contributed by atoms with E-state index in [0.29, 0.717) is 5.02 Å². The topological polar surface area (TPSA) is 30.7 Å². The van der Waals surface area contributed by atoms with Gasteiger partial charge in [-0.15, -0.1) is 0 Å². The lowest BCUT2D eigenvalue weighted by Crippen LogP contribution is -2.00. The van der Waals surface area contributed by atoms with Gasteiger partial charge in [-0.3, -0.25) is 0 Å². The van der Waals surface area contributed by atoms with E-state index in [-0.39, 0.29) is 0 Å². The summed E-state index contributed by atoms with van der Waals surface area (Å²) in [6, 6.07) is 1.94. The Kier molecular flexibility index (Phi) is 2.80. The number of aryl methyl sites for hydroxylation is 2. The highest BCUT2D eigenvalue weighted by Crippen LogP contribution is 2.23. The first kappa shape index (κ1) is 10.6. The van der Waals surface area contributed by atoms with Crippen LogP contribution in [0.4, 0.5) is 0 Å². The molecule has 0 fully saturated rings. The molecular formula is C10H9BrClN3. The number of pyridine rings is 1. The van der Waals surface area contributed by atoms with Crippen molar-refractivity contribution in [2.75, 3.05) is 0 Å². The lowest BCUT2D eigenvalue weighted by molar-refractivity contribution is 0.825. The molecule has 0 aliphatic heterocycles. The molecular weight excluding hydrogens is 277 g/mol. The Labute approximate surface area is 101 Å².